The second-order valence-corrected chi connectivity index (χ2v) is 8.36. The van der Waals surface area contributed by atoms with Crippen LogP contribution in [0.25, 0.3) is 11.1 Å². The molecule has 0 saturated heterocycles. The van der Waals surface area contributed by atoms with Gasteiger partial charge in [0.05, 0.1) is 0 Å². The van der Waals surface area contributed by atoms with Crippen LogP contribution in [-0.4, -0.2) is 27.7 Å². The fraction of sp³-hybridized carbons (Fsp3) is 0.435. The number of carbonyl (C=O) groups is 2. The molecule has 1 saturated carbocycles. The highest BCUT2D eigenvalue weighted by atomic mass is 19.1. The number of hydrogen-bond acceptors (Lipinski definition) is 3. The Labute approximate surface area is 180 Å². The molecule has 0 bridgehead atoms. The Morgan fingerprint density at radius 1 is 1.13 bits per heavy atom. The summed E-state index contributed by atoms with van der Waals surface area (Å²) >= 11 is 0. The van der Waals surface area contributed by atoms with Gasteiger partial charge in [0.25, 0.3) is 0 Å². The van der Waals surface area contributed by atoms with E-state index in [0.29, 0.717) is 22.7 Å². The predicted molar refractivity (Wildman–Crippen MR) is 117 cm³/mol. The first-order valence-electron chi connectivity index (χ1n) is 10.4. The van der Waals surface area contributed by atoms with Crippen molar-refractivity contribution < 1.29 is 19.1 Å². The molecule has 3 N–H and O–H groups in total. The maximum atomic E-state index is 14.9. The van der Waals surface area contributed by atoms with Gasteiger partial charge in [-0.3, -0.25) is 9.59 Å². The van der Waals surface area contributed by atoms with Crippen LogP contribution in [0.4, 0.5) is 14.9 Å². The summed E-state index contributed by atoms with van der Waals surface area (Å²) in [7, 11) is 1.62. The maximum absolute atomic E-state index is 14.9. The first-order chi connectivity index (χ1) is 14.7. The van der Waals surface area contributed by atoms with E-state index in [2.05, 4.69) is 17.6 Å². The van der Waals surface area contributed by atoms with E-state index < -0.39 is 23.9 Å². The van der Waals surface area contributed by atoms with Crippen LogP contribution in [0.2, 0.25) is 0 Å². The van der Waals surface area contributed by atoms with Crippen molar-refractivity contribution in [3.05, 3.63) is 52.2 Å². The van der Waals surface area contributed by atoms with Gasteiger partial charge in [-0.05, 0) is 55.9 Å². The lowest BCUT2D eigenvalue weighted by atomic mass is 9.79. The van der Waals surface area contributed by atoms with Crippen LogP contribution in [0.5, 0.6) is 0 Å². The molecule has 1 atom stereocenters. The maximum Gasteiger partial charge on any atom is 0.405 e. The lowest BCUT2D eigenvalue weighted by Gasteiger charge is -2.31. The van der Waals surface area contributed by atoms with Gasteiger partial charge in [-0.1, -0.05) is 19.8 Å². The van der Waals surface area contributed by atoms with Crippen LogP contribution in [0.3, 0.4) is 0 Å². The van der Waals surface area contributed by atoms with Crippen LogP contribution in [-0.2, 0) is 11.8 Å². The molecule has 31 heavy (non-hydrogen) atoms. The Morgan fingerprint density at radius 2 is 1.77 bits per heavy atom. The number of hydrogen-bond donors (Lipinski definition) is 3. The normalized spacial score (nSPS) is 19.5. The van der Waals surface area contributed by atoms with Crippen molar-refractivity contribution in [3.8, 4) is 11.1 Å². The minimum Gasteiger partial charge on any atom is -0.465 e. The van der Waals surface area contributed by atoms with Crippen molar-refractivity contribution in [3.63, 3.8) is 0 Å². The van der Waals surface area contributed by atoms with Gasteiger partial charge in [-0.15, -0.1) is 0 Å². The van der Waals surface area contributed by atoms with Crippen molar-refractivity contribution in [1.82, 2.24) is 9.88 Å². The molecule has 1 fully saturated rings. The third-order valence-corrected chi connectivity index (χ3v) is 6.24. The smallest absolute Gasteiger partial charge is 0.405 e. The van der Waals surface area contributed by atoms with Crippen LogP contribution in [0, 0.1) is 24.6 Å². The highest BCUT2D eigenvalue weighted by Gasteiger charge is 2.32. The molecule has 0 radical (unpaired) electrons. The van der Waals surface area contributed by atoms with Gasteiger partial charge in [0.1, 0.15) is 11.9 Å². The van der Waals surface area contributed by atoms with Crippen LogP contribution in [0.15, 0.2) is 35.1 Å². The summed E-state index contributed by atoms with van der Waals surface area (Å²) in [5.41, 5.74) is 1.59. The number of rotatable bonds is 5. The Bertz CT molecular complexity index is 1040. The summed E-state index contributed by atoms with van der Waals surface area (Å²) < 4.78 is 16.3. The third kappa shape index (κ3) is 5.13. The summed E-state index contributed by atoms with van der Waals surface area (Å²) in [5, 5.41) is 14.2. The van der Waals surface area contributed by atoms with E-state index in [9.17, 15) is 23.9 Å². The Kier molecular flexibility index (Phi) is 6.77. The fourth-order valence-corrected chi connectivity index (χ4v) is 4.20. The molecule has 8 heteroatoms. The number of anilines is 1. The molecule has 1 aromatic heterocycles. The van der Waals surface area contributed by atoms with Gasteiger partial charge < -0.3 is 20.3 Å². The Hall–Kier alpha value is -3.16. The summed E-state index contributed by atoms with van der Waals surface area (Å²) in [4.78, 5) is 35.8. The van der Waals surface area contributed by atoms with Crippen molar-refractivity contribution >= 4 is 17.7 Å². The standard InChI is InChI=1S/C23H28FN3O4/c1-13-4-6-15(7-5-13)21(26-23(30)31)22(29)25-16-8-9-18(19(24)12-16)17-10-11-20(28)27(3)14(17)2/h8-13,15,21,26H,4-7H2,1-3H3,(H,25,29)(H,30,31)/t13?,15?,21-/m0/s1. The summed E-state index contributed by atoms with van der Waals surface area (Å²) in [6.07, 6.45) is 2.15. The highest BCUT2D eigenvalue weighted by molar-refractivity contribution is 5.97. The average Bonchev–Trinajstić information content (AvgIpc) is 2.72. The van der Waals surface area contributed by atoms with Gasteiger partial charge in [0, 0.05) is 35.6 Å². The number of aromatic nitrogens is 1. The molecule has 166 valence electrons. The van der Waals surface area contributed by atoms with Crippen molar-refractivity contribution in [1.29, 1.82) is 0 Å². The number of benzene rings is 1. The first-order valence-corrected chi connectivity index (χ1v) is 10.4. The molecule has 1 aliphatic carbocycles. The minimum atomic E-state index is -1.26. The van der Waals surface area contributed by atoms with Crippen LogP contribution < -0.4 is 16.2 Å². The van der Waals surface area contributed by atoms with Crippen molar-refractivity contribution in [2.24, 2.45) is 18.9 Å². The second kappa shape index (κ2) is 9.32. The van der Waals surface area contributed by atoms with Crippen LogP contribution >= 0.6 is 0 Å². The predicted octanol–water partition coefficient (Wildman–Crippen LogP) is 3.90. The number of pyridine rings is 1. The minimum absolute atomic E-state index is 0.0929. The number of carboxylic acid groups (broad SMARTS) is 1. The lowest BCUT2D eigenvalue weighted by molar-refractivity contribution is -0.119. The quantitative estimate of drug-likeness (QED) is 0.671. The van der Waals surface area contributed by atoms with E-state index in [4.69, 9.17) is 0 Å². The van der Waals surface area contributed by atoms with Gasteiger partial charge in [-0.2, -0.15) is 0 Å². The molecule has 1 aliphatic rings. The summed E-state index contributed by atoms with van der Waals surface area (Å²) in [6, 6.07) is 6.38. The molecular formula is C23H28FN3O4. The Morgan fingerprint density at radius 3 is 2.39 bits per heavy atom. The van der Waals surface area contributed by atoms with Crippen molar-refractivity contribution in [2.75, 3.05) is 5.32 Å². The molecule has 2 aromatic rings. The molecule has 0 spiro atoms. The first kappa shape index (κ1) is 22.5. The van der Waals surface area contributed by atoms with E-state index in [0.717, 1.165) is 25.7 Å². The highest BCUT2D eigenvalue weighted by Crippen LogP contribution is 2.31. The van der Waals surface area contributed by atoms with E-state index >= 15 is 0 Å². The monoisotopic (exact) mass is 429 g/mol. The number of nitrogens with one attached hydrogen (secondary N) is 2. The van der Waals surface area contributed by atoms with E-state index in [-0.39, 0.29) is 17.2 Å². The van der Waals surface area contributed by atoms with E-state index in [1.165, 1.54) is 16.7 Å². The molecule has 1 aromatic carbocycles. The number of amides is 2. The van der Waals surface area contributed by atoms with E-state index in [1.54, 1.807) is 32.2 Å². The molecular weight excluding hydrogens is 401 g/mol. The molecule has 2 amide bonds. The zero-order valence-corrected chi connectivity index (χ0v) is 17.9. The molecule has 1 heterocycles. The van der Waals surface area contributed by atoms with Crippen molar-refractivity contribution in [2.45, 2.75) is 45.6 Å². The topological polar surface area (TPSA) is 100 Å². The number of halogens is 1. The molecule has 0 unspecified atom stereocenters. The largest absolute Gasteiger partial charge is 0.465 e. The van der Waals surface area contributed by atoms with Gasteiger partial charge >= 0.3 is 6.09 Å². The van der Waals surface area contributed by atoms with Gasteiger partial charge in [0.15, 0.2) is 0 Å². The molecule has 0 aliphatic heterocycles. The van der Waals surface area contributed by atoms with Crippen LogP contribution in [0.1, 0.15) is 38.3 Å². The SMILES string of the molecule is Cc1c(-c2ccc(NC(=O)[C@@H](NC(=O)O)C3CCC(C)CC3)cc2F)ccc(=O)n1C. The number of carbonyl (C=O) groups excluding carboxylic acids is 1. The lowest BCUT2D eigenvalue weighted by Crippen LogP contribution is -2.48. The number of nitrogens with zero attached hydrogens (tertiary/aromatic N) is 1. The van der Waals surface area contributed by atoms with Gasteiger partial charge in [0.2, 0.25) is 11.5 Å². The fourth-order valence-electron chi connectivity index (χ4n) is 4.20. The summed E-state index contributed by atoms with van der Waals surface area (Å²) in [6.45, 7) is 3.88. The van der Waals surface area contributed by atoms with Gasteiger partial charge in [-0.25, -0.2) is 9.18 Å². The molecule has 7 nitrogen and oxygen atoms in total. The Balaban J connectivity index is 1.80. The summed E-state index contributed by atoms with van der Waals surface area (Å²) in [5.74, 6) is -0.571. The third-order valence-electron chi connectivity index (χ3n) is 6.24. The zero-order valence-electron chi connectivity index (χ0n) is 17.9. The average molecular weight is 429 g/mol. The zero-order chi connectivity index (χ0) is 22.7. The molecule has 3 rings (SSSR count). The van der Waals surface area contributed by atoms with E-state index in [1.807, 2.05) is 0 Å². The second-order valence-electron chi connectivity index (χ2n) is 8.36.